The Morgan fingerprint density at radius 3 is 2.83 bits per heavy atom. The molecule has 6 nitrogen and oxygen atoms in total. The number of hydrogen-bond donors (Lipinski definition) is 2. The third kappa shape index (κ3) is 2.89. The Balaban J connectivity index is 1.98. The van der Waals surface area contributed by atoms with E-state index in [-0.39, 0.29) is 5.28 Å². The minimum Gasteiger partial charge on any atom is -0.394 e. The molecule has 96 valence electrons. The summed E-state index contributed by atoms with van der Waals surface area (Å²) in [6.07, 6.45) is 3.79. The van der Waals surface area contributed by atoms with Crippen LogP contribution < -0.4 is 11.1 Å². The first-order valence-corrected chi connectivity index (χ1v) is 5.96. The van der Waals surface area contributed by atoms with E-state index in [0.717, 1.165) is 12.1 Å². The van der Waals surface area contributed by atoms with Crippen LogP contribution in [0.3, 0.4) is 0 Å². The molecule has 18 heavy (non-hydrogen) atoms. The van der Waals surface area contributed by atoms with Gasteiger partial charge in [-0.1, -0.05) is 0 Å². The average molecular weight is 267 g/mol. The van der Waals surface area contributed by atoms with Crippen molar-refractivity contribution in [2.24, 2.45) is 0 Å². The molecule has 2 heterocycles. The summed E-state index contributed by atoms with van der Waals surface area (Å²) in [5.74, 6) is 0.566. The van der Waals surface area contributed by atoms with Crippen LogP contribution in [0.1, 0.15) is 11.3 Å². The second-order valence-corrected chi connectivity index (χ2v) is 4.39. The topological polar surface area (TPSA) is 81.7 Å². The van der Waals surface area contributed by atoms with Crippen molar-refractivity contribution < 1.29 is 0 Å². The molecule has 0 saturated carbocycles. The van der Waals surface area contributed by atoms with Gasteiger partial charge in [0.25, 0.3) is 0 Å². The van der Waals surface area contributed by atoms with Crippen LogP contribution in [0.25, 0.3) is 0 Å². The van der Waals surface area contributed by atoms with Gasteiger partial charge in [0.05, 0.1) is 24.1 Å². The van der Waals surface area contributed by atoms with Crippen LogP contribution >= 0.6 is 11.6 Å². The summed E-state index contributed by atoms with van der Waals surface area (Å²) in [5.41, 5.74) is 8.20. The van der Waals surface area contributed by atoms with Gasteiger partial charge in [0.1, 0.15) is 0 Å². The Labute approximate surface area is 110 Å². The first-order valence-electron chi connectivity index (χ1n) is 5.59. The number of nitrogen functional groups attached to an aromatic ring is 1. The van der Waals surface area contributed by atoms with Crippen molar-refractivity contribution in [1.29, 1.82) is 0 Å². The molecule has 0 aliphatic carbocycles. The summed E-state index contributed by atoms with van der Waals surface area (Å²) in [6, 6.07) is 0. The molecular weight excluding hydrogens is 252 g/mol. The van der Waals surface area contributed by atoms with E-state index in [9.17, 15) is 0 Å². The Morgan fingerprint density at radius 1 is 1.39 bits per heavy atom. The predicted molar refractivity (Wildman–Crippen MR) is 71.6 cm³/mol. The SMILES string of the molecule is Cc1cnn(CCNc2nc(Cl)nc(C)c2N)c1. The Morgan fingerprint density at radius 2 is 2.17 bits per heavy atom. The second-order valence-electron chi connectivity index (χ2n) is 4.05. The van der Waals surface area contributed by atoms with Crippen molar-refractivity contribution in [3.05, 3.63) is 28.9 Å². The smallest absolute Gasteiger partial charge is 0.224 e. The Kier molecular flexibility index (Phi) is 3.66. The molecule has 0 aliphatic heterocycles. The summed E-state index contributed by atoms with van der Waals surface area (Å²) in [6.45, 7) is 5.19. The van der Waals surface area contributed by atoms with E-state index in [1.165, 1.54) is 0 Å². The third-order valence-corrected chi connectivity index (χ3v) is 2.67. The molecule has 7 heteroatoms. The summed E-state index contributed by atoms with van der Waals surface area (Å²) in [4.78, 5) is 8.03. The number of nitrogens with one attached hydrogen (secondary N) is 1. The fourth-order valence-corrected chi connectivity index (χ4v) is 1.77. The molecule has 0 radical (unpaired) electrons. The molecule has 0 atom stereocenters. The predicted octanol–water partition coefficient (Wildman–Crippen LogP) is 1.64. The van der Waals surface area contributed by atoms with Crippen molar-refractivity contribution in [2.45, 2.75) is 20.4 Å². The van der Waals surface area contributed by atoms with Gasteiger partial charge in [0, 0.05) is 12.7 Å². The first kappa shape index (κ1) is 12.6. The first-order chi connectivity index (χ1) is 8.56. The maximum atomic E-state index is 5.87. The van der Waals surface area contributed by atoms with Gasteiger partial charge in [0.2, 0.25) is 5.28 Å². The monoisotopic (exact) mass is 266 g/mol. The lowest BCUT2D eigenvalue weighted by molar-refractivity contribution is 0.636. The van der Waals surface area contributed by atoms with E-state index in [2.05, 4.69) is 20.4 Å². The fraction of sp³-hybridized carbons (Fsp3) is 0.364. The van der Waals surface area contributed by atoms with E-state index in [1.807, 2.05) is 24.0 Å². The molecule has 2 rings (SSSR count). The molecule has 2 aromatic rings. The van der Waals surface area contributed by atoms with Gasteiger partial charge in [-0.15, -0.1) is 0 Å². The van der Waals surface area contributed by atoms with Gasteiger partial charge in [0.15, 0.2) is 5.82 Å². The zero-order valence-corrected chi connectivity index (χ0v) is 11.1. The maximum Gasteiger partial charge on any atom is 0.224 e. The van der Waals surface area contributed by atoms with Gasteiger partial charge in [-0.2, -0.15) is 10.1 Å². The highest BCUT2D eigenvalue weighted by Gasteiger charge is 2.06. The fourth-order valence-electron chi connectivity index (χ4n) is 1.56. The molecule has 0 aromatic carbocycles. The average Bonchev–Trinajstić information content (AvgIpc) is 2.71. The van der Waals surface area contributed by atoms with Crippen molar-refractivity contribution in [3.8, 4) is 0 Å². The lowest BCUT2D eigenvalue weighted by atomic mass is 10.3. The van der Waals surface area contributed by atoms with E-state index in [0.29, 0.717) is 23.7 Å². The minimum absolute atomic E-state index is 0.194. The number of nitrogens with two attached hydrogens (primary N) is 1. The van der Waals surface area contributed by atoms with Crippen molar-refractivity contribution in [2.75, 3.05) is 17.6 Å². The number of aryl methyl sites for hydroxylation is 2. The molecule has 2 aromatic heterocycles. The highest BCUT2D eigenvalue weighted by atomic mass is 35.5. The van der Waals surface area contributed by atoms with Gasteiger partial charge in [-0.25, -0.2) is 4.98 Å². The van der Waals surface area contributed by atoms with Gasteiger partial charge >= 0.3 is 0 Å². The van der Waals surface area contributed by atoms with E-state index in [4.69, 9.17) is 17.3 Å². The van der Waals surface area contributed by atoms with E-state index < -0.39 is 0 Å². The third-order valence-electron chi connectivity index (χ3n) is 2.50. The normalized spacial score (nSPS) is 10.6. The van der Waals surface area contributed by atoms with Crippen molar-refractivity contribution in [1.82, 2.24) is 19.7 Å². The number of hydrogen-bond acceptors (Lipinski definition) is 5. The van der Waals surface area contributed by atoms with Crippen LogP contribution in [0, 0.1) is 13.8 Å². The van der Waals surface area contributed by atoms with E-state index >= 15 is 0 Å². The molecule has 0 spiro atoms. The number of nitrogens with zero attached hydrogens (tertiary/aromatic N) is 4. The molecule has 0 bridgehead atoms. The Hall–Kier alpha value is -1.82. The lowest BCUT2D eigenvalue weighted by Crippen LogP contribution is -2.14. The quantitative estimate of drug-likeness (QED) is 0.822. The van der Waals surface area contributed by atoms with Crippen molar-refractivity contribution in [3.63, 3.8) is 0 Å². The number of anilines is 2. The van der Waals surface area contributed by atoms with Crippen LogP contribution in [0.15, 0.2) is 12.4 Å². The molecular formula is C11H15ClN6. The standard InChI is InChI=1S/C11H15ClN6/c1-7-5-15-18(6-7)4-3-14-10-9(13)8(2)16-11(12)17-10/h5-6H,3-4,13H2,1-2H3,(H,14,16,17). The molecule has 0 fully saturated rings. The van der Waals surface area contributed by atoms with Gasteiger partial charge in [-0.3, -0.25) is 4.68 Å². The number of rotatable bonds is 4. The van der Waals surface area contributed by atoms with E-state index in [1.54, 1.807) is 6.92 Å². The van der Waals surface area contributed by atoms with Crippen molar-refractivity contribution >= 4 is 23.1 Å². The van der Waals surface area contributed by atoms with Crippen LogP contribution in [-0.2, 0) is 6.54 Å². The molecule has 0 amide bonds. The van der Waals surface area contributed by atoms with Crippen LogP contribution in [0.5, 0.6) is 0 Å². The summed E-state index contributed by atoms with van der Waals surface area (Å²) in [7, 11) is 0. The lowest BCUT2D eigenvalue weighted by Gasteiger charge is -2.10. The highest BCUT2D eigenvalue weighted by molar-refractivity contribution is 6.28. The molecule has 0 unspecified atom stereocenters. The maximum absolute atomic E-state index is 5.87. The summed E-state index contributed by atoms with van der Waals surface area (Å²) >= 11 is 5.79. The highest BCUT2D eigenvalue weighted by Crippen LogP contribution is 2.20. The summed E-state index contributed by atoms with van der Waals surface area (Å²) in [5, 5.41) is 7.52. The zero-order valence-electron chi connectivity index (χ0n) is 10.3. The van der Waals surface area contributed by atoms with Gasteiger partial charge in [-0.05, 0) is 31.0 Å². The zero-order chi connectivity index (χ0) is 13.1. The van der Waals surface area contributed by atoms with Crippen LogP contribution in [-0.4, -0.2) is 26.3 Å². The minimum atomic E-state index is 0.194. The molecule has 0 aliphatic rings. The summed E-state index contributed by atoms with van der Waals surface area (Å²) < 4.78 is 1.86. The van der Waals surface area contributed by atoms with Crippen LogP contribution in [0.2, 0.25) is 5.28 Å². The molecule has 3 N–H and O–H groups in total. The van der Waals surface area contributed by atoms with Gasteiger partial charge < -0.3 is 11.1 Å². The number of halogens is 1. The largest absolute Gasteiger partial charge is 0.394 e. The second kappa shape index (κ2) is 5.22. The Bertz CT molecular complexity index is 550. The molecule has 0 saturated heterocycles. The van der Waals surface area contributed by atoms with Crippen LogP contribution in [0.4, 0.5) is 11.5 Å². The number of aromatic nitrogens is 4.